The van der Waals surface area contributed by atoms with Gasteiger partial charge in [-0.2, -0.15) is 0 Å². The maximum absolute atomic E-state index is 12.0. The van der Waals surface area contributed by atoms with Crippen LogP contribution < -0.4 is 5.32 Å². The molecule has 0 aliphatic rings. The van der Waals surface area contributed by atoms with Crippen molar-refractivity contribution in [2.75, 3.05) is 5.32 Å². The fraction of sp³-hybridized carbons (Fsp3) is 0.0909. The summed E-state index contributed by atoms with van der Waals surface area (Å²) in [4.78, 5) is 12.0. The highest BCUT2D eigenvalue weighted by atomic mass is 32.1. The highest BCUT2D eigenvalue weighted by molar-refractivity contribution is 7.15. The van der Waals surface area contributed by atoms with Crippen molar-refractivity contribution in [3.05, 3.63) is 35.0 Å². The van der Waals surface area contributed by atoms with Crippen molar-refractivity contribution in [3.8, 4) is 0 Å². The van der Waals surface area contributed by atoms with E-state index in [9.17, 15) is 4.79 Å². The average Bonchev–Trinajstić information content (AvgIpc) is 2.95. The van der Waals surface area contributed by atoms with Crippen LogP contribution in [0.5, 0.6) is 0 Å². The van der Waals surface area contributed by atoms with Crippen molar-refractivity contribution >= 4 is 33.3 Å². The first-order valence-corrected chi connectivity index (χ1v) is 6.01. The second-order valence-electron chi connectivity index (χ2n) is 3.61. The molecule has 0 saturated heterocycles. The molecular weight excluding hydrogens is 252 g/mol. The molecule has 1 amide bonds. The molecule has 0 aliphatic heterocycles. The normalized spacial score (nSPS) is 10.7. The molecular formula is C11H8N4O2S. The van der Waals surface area contributed by atoms with E-state index in [0.717, 1.165) is 5.01 Å². The molecule has 0 radical (unpaired) electrons. The van der Waals surface area contributed by atoms with Crippen LogP contribution in [0.2, 0.25) is 0 Å². The number of nitrogens with zero attached hydrogens (tertiary/aromatic N) is 3. The van der Waals surface area contributed by atoms with Crippen LogP contribution in [0.3, 0.4) is 0 Å². The molecule has 2 heterocycles. The van der Waals surface area contributed by atoms with Gasteiger partial charge in [-0.3, -0.25) is 10.1 Å². The van der Waals surface area contributed by atoms with E-state index >= 15 is 0 Å². The summed E-state index contributed by atoms with van der Waals surface area (Å²) in [6.07, 6.45) is 0. The smallest absolute Gasteiger partial charge is 0.296 e. The Bertz CT molecular complexity index is 718. The lowest BCUT2D eigenvalue weighted by Gasteiger charge is -1.96. The number of nitrogens with one attached hydrogen (secondary N) is 1. The van der Waals surface area contributed by atoms with Crippen LogP contribution in [0.25, 0.3) is 10.9 Å². The van der Waals surface area contributed by atoms with Gasteiger partial charge in [0.15, 0.2) is 0 Å². The van der Waals surface area contributed by atoms with Gasteiger partial charge >= 0.3 is 0 Å². The van der Waals surface area contributed by atoms with E-state index in [0.29, 0.717) is 16.0 Å². The van der Waals surface area contributed by atoms with Crippen LogP contribution in [-0.2, 0) is 0 Å². The molecule has 1 N–H and O–H groups in total. The quantitative estimate of drug-likeness (QED) is 0.764. The summed E-state index contributed by atoms with van der Waals surface area (Å²) in [6.45, 7) is 1.82. The van der Waals surface area contributed by atoms with Crippen molar-refractivity contribution in [2.45, 2.75) is 6.92 Å². The molecule has 7 heteroatoms. The molecule has 3 rings (SSSR count). The van der Waals surface area contributed by atoms with Gasteiger partial charge in [-0.1, -0.05) is 28.6 Å². The van der Waals surface area contributed by atoms with Crippen molar-refractivity contribution < 1.29 is 9.32 Å². The number of amides is 1. The molecule has 0 unspecified atom stereocenters. The van der Waals surface area contributed by atoms with Crippen LogP contribution in [-0.4, -0.2) is 21.3 Å². The molecule has 18 heavy (non-hydrogen) atoms. The number of anilines is 1. The minimum absolute atomic E-state index is 0.179. The van der Waals surface area contributed by atoms with Gasteiger partial charge in [0.05, 0.1) is 5.39 Å². The van der Waals surface area contributed by atoms with Crippen molar-refractivity contribution in [2.24, 2.45) is 0 Å². The Kier molecular flexibility index (Phi) is 2.52. The van der Waals surface area contributed by atoms with Crippen molar-refractivity contribution in [1.82, 2.24) is 15.4 Å². The summed E-state index contributed by atoms with van der Waals surface area (Å²) in [5.41, 5.74) is 0.649. The first kappa shape index (κ1) is 10.8. The van der Waals surface area contributed by atoms with Gasteiger partial charge in [0.25, 0.3) is 5.91 Å². The fourth-order valence-electron chi connectivity index (χ4n) is 1.55. The SMILES string of the molecule is Cc1nnc(NC(=O)c2onc3ccccc23)s1. The monoisotopic (exact) mass is 260 g/mol. The van der Waals surface area contributed by atoms with E-state index in [-0.39, 0.29) is 11.7 Å². The number of rotatable bonds is 2. The molecule has 0 atom stereocenters. The number of aromatic nitrogens is 3. The number of carbonyl (C=O) groups is 1. The minimum Gasteiger partial charge on any atom is -0.350 e. The Morgan fingerprint density at radius 3 is 2.94 bits per heavy atom. The van der Waals surface area contributed by atoms with Gasteiger partial charge < -0.3 is 4.52 Å². The standard InChI is InChI=1S/C11H8N4O2S/c1-6-13-14-11(18-6)12-10(16)9-7-4-2-3-5-8(7)15-17-9/h2-5H,1H3,(H,12,14,16). The highest BCUT2D eigenvalue weighted by Crippen LogP contribution is 2.20. The number of fused-ring (bicyclic) bond motifs is 1. The number of hydrogen-bond donors (Lipinski definition) is 1. The van der Waals surface area contributed by atoms with Crippen molar-refractivity contribution in [3.63, 3.8) is 0 Å². The molecule has 2 aromatic heterocycles. The lowest BCUT2D eigenvalue weighted by Crippen LogP contribution is -2.11. The van der Waals surface area contributed by atoms with Crippen LogP contribution in [0.1, 0.15) is 15.6 Å². The highest BCUT2D eigenvalue weighted by Gasteiger charge is 2.17. The third-order valence-corrected chi connectivity index (χ3v) is 3.09. The number of aryl methyl sites for hydroxylation is 1. The van der Waals surface area contributed by atoms with E-state index < -0.39 is 0 Å². The second-order valence-corrected chi connectivity index (χ2v) is 4.79. The molecule has 0 spiro atoms. The van der Waals surface area contributed by atoms with Crippen LogP contribution in [0.15, 0.2) is 28.8 Å². The van der Waals surface area contributed by atoms with E-state index in [1.165, 1.54) is 11.3 Å². The third-order valence-electron chi connectivity index (χ3n) is 2.34. The Labute approximate surface area is 106 Å². The number of hydrogen-bond acceptors (Lipinski definition) is 6. The molecule has 0 fully saturated rings. The van der Waals surface area contributed by atoms with E-state index in [4.69, 9.17) is 4.52 Å². The zero-order valence-electron chi connectivity index (χ0n) is 9.38. The number of benzene rings is 1. The maximum atomic E-state index is 12.0. The zero-order valence-corrected chi connectivity index (χ0v) is 10.2. The predicted octanol–water partition coefficient (Wildman–Crippen LogP) is 2.24. The molecule has 6 nitrogen and oxygen atoms in total. The summed E-state index contributed by atoms with van der Waals surface area (Å²) < 4.78 is 5.05. The summed E-state index contributed by atoms with van der Waals surface area (Å²) >= 11 is 1.30. The Morgan fingerprint density at radius 2 is 2.17 bits per heavy atom. The lowest BCUT2D eigenvalue weighted by atomic mass is 10.2. The summed E-state index contributed by atoms with van der Waals surface area (Å²) in [6, 6.07) is 7.23. The third kappa shape index (κ3) is 1.84. The van der Waals surface area contributed by atoms with Gasteiger partial charge in [0.2, 0.25) is 10.9 Å². The summed E-state index contributed by atoms with van der Waals surface area (Å²) in [5, 5.41) is 16.0. The molecule has 0 aliphatic carbocycles. The molecule has 3 aromatic rings. The van der Waals surface area contributed by atoms with E-state index in [1.807, 2.05) is 19.1 Å². The van der Waals surface area contributed by atoms with Gasteiger partial charge in [0.1, 0.15) is 10.5 Å². The van der Waals surface area contributed by atoms with Crippen LogP contribution in [0, 0.1) is 6.92 Å². The van der Waals surface area contributed by atoms with Crippen LogP contribution in [0.4, 0.5) is 5.13 Å². The predicted molar refractivity (Wildman–Crippen MR) is 66.6 cm³/mol. The Morgan fingerprint density at radius 1 is 1.33 bits per heavy atom. The summed E-state index contributed by atoms with van der Waals surface area (Å²) in [7, 11) is 0. The van der Waals surface area contributed by atoms with Gasteiger partial charge in [-0.05, 0) is 19.1 Å². The molecule has 0 saturated carbocycles. The van der Waals surface area contributed by atoms with Crippen LogP contribution >= 0.6 is 11.3 Å². The van der Waals surface area contributed by atoms with E-state index in [2.05, 4.69) is 20.7 Å². The molecule has 0 bridgehead atoms. The Hall–Kier alpha value is -2.28. The largest absolute Gasteiger partial charge is 0.350 e. The minimum atomic E-state index is -0.375. The molecule has 90 valence electrons. The first-order chi connectivity index (χ1) is 8.74. The topological polar surface area (TPSA) is 80.9 Å². The first-order valence-electron chi connectivity index (χ1n) is 5.20. The molecule has 1 aromatic carbocycles. The lowest BCUT2D eigenvalue weighted by molar-refractivity contribution is 0.0990. The van der Waals surface area contributed by atoms with E-state index in [1.54, 1.807) is 12.1 Å². The van der Waals surface area contributed by atoms with Crippen molar-refractivity contribution in [1.29, 1.82) is 0 Å². The maximum Gasteiger partial charge on any atom is 0.296 e. The average molecular weight is 260 g/mol. The summed E-state index contributed by atoms with van der Waals surface area (Å²) in [5.74, 6) is -0.196. The van der Waals surface area contributed by atoms with Gasteiger partial charge in [-0.15, -0.1) is 10.2 Å². The van der Waals surface area contributed by atoms with Gasteiger partial charge in [-0.25, -0.2) is 0 Å². The Balaban J connectivity index is 1.92. The second kappa shape index (κ2) is 4.19. The fourth-order valence-corrected chi connectivity index (χ4v) is 2.14. The zero-order chi connectivity index (χ0) is 12.5. The number of carbonyl (C=O) groups excluding carboxylic acids is 1. The van der Waals surface area contributed by atoms with Gasteiger partial charge in [0, 0.05) is 0 Å².